The van der Waals surface area contributed by atoms with Gasteiger partial charge in [-0.1, -0.05) is 23.2 Å². The van der Waals surface area contributed by atoms with Crippen LogP contribution in [0.25, 0.3) is 0 Å². The smallest absolute Gasteiger partial charge is 0.243 e. The Morgan fingerprint density at radius 3 is 2.38 bits per heavy atom. The van der Waals surface area contributed by atoms with Gasteiger partial charge < -0.3 is 4.42 Å². The summed E-state index contributed by atoms with van der Waals surface area (Å²) in [4.78, 5) is 0.110. The van der Waals surface area contributed by atoms with Gasteiger partial charge in [-0.2, -0.15) is 4.31 Å². The first-order chi connectivity index (χ1) is 9.96. The molecule has 7 heteroatoms. The molecule has 3 rings (SSSR count). The molecule has 1 aliphatic rings. The average Bonchev–Trinajstić information content (AvgIpc) is 3.11. The highest BCUT2D eigenvalue weighted by atomic mass is 35.5. The Morgan fingerprint density at radius 1 is 1.19 bits per heavy atom. The van der Waals surface area contributed by atoms with Crippen molar-refractivity contribution in [3.8, 4) is 0 Å². The van der Waals surface area contributed by atoms with Gasteiger partial charge in [-0.15, -0.1) is 0 Å². The highest BCUT2D eigenvalue weighted by Crippen LogP contribution is 2.35. The van der Waals surface area contributed by atoms with E-state index in [9.17, 15) is 8.42 Å². The minimum atomic E-state index is -3.65. The standard InChI is InChI=1S/C14H13Cl2NO3S/c15-10-6-11(16)8-14(7-10)21(18,19)17(12-3-4-12)9-13-2-1-5-20-13/h1-2,5-8,12H,3-4,9H2. The summed E-state index contributed by atoms with van der Waals surface area (Å²) in [6.45, 7) is 0.212. The normalized spacial score (nSPS) is 15.6. The van der Waals surface area contributed by atoms with Crippen LogP contribution in [0.2, 0.25) is 10.0 Å². The van der Waals surface area contributed by atoms with Gasteiger partial charge in [0.25, 0.3) is 0 Å². The number of hydrogen-bond donors (Lipinski definition) is 0. The first-order valence-electron chi connectivity index (χ1n) is 6.47. The summed E-state index contributed by atoms with van der Waals surface area (Å²) >= 11 is 11.8. The van der Waals surface area contributed by atoms with Crippen molar-refractivity contribution in [1.82, 2.24) is 4.31 Å². The minimum absolute atomic E-state index is 0.0119. The van der Waals surface area contributed by atoms with Crippen LogP contribution in [-0.2, 0) is 16.6 Å². The van der Waals surface area contributed by atoms with Crippen molar-refractivity contribution >= 4 is 33.2 Å². The molecular weight excluding hydrogens is 333 g/mol. The summed E-state index contributed by atoms with van der Waals surface area (Å²) in [5.74, 6) is 0.610. The fraction of sp³-hybridized carbons (Fsp3) is 0.286. The van der Waals surface area contributed by atoms with Crippen molar-refractivity contribution in [1.29, 1.82) is 0 Å². The second-order valence-corrected chi connectivity index (χ2v) is 7.73. The van der Waals surface area contributed by atoms with E-state index in [0.717, 1.165) is 12.8 Å². The summed E-state index contributed by atoms with van der Waals surface area (Å²) in [6.07, 6.45) is 3.24. The summed E-state index contributed by atoms with van der Waals surface area (Å²) in [5.41, 5.74) is 0. The van der Waals surface area contributed by atoms with Crippen LogP contribution in [0.1, 0.15) is 18.6 Å². The molecule has 112 valence electrons. The zero-order valence-corrected chi connectivity index (χ0v) is 13.3. The maximum absolute atomic E-state index is 12.8. The van der Waals surface area contributed by atoms with Gasteiger partial charge >= 0.3 is 0 Å². The Labute approximate surface area is 133 Å². The van der Waals surface area contributed by atoms with E-state index in [1.165, 1.54) is 28.8 Å². The molecule has 0 bridgehead atoms. The lowest BCUT2D eigenvalue weighted by Crippen LogP contribution is -2.32. The number of rotatable bonds is 5. The molecule has 0 saturated heterocycles. The van der Waals surface area contributed by atoms with Crippen LogP contribution >= 0.6 is 23.2 Å². The van der Waals surface area contributed by atoms with Crippen LogP contribution < -0.4 is 0 Å². The van der Waals surface area contributed by atoms with Crippen molar-refractivity contribution < 1.29 is 12.8 Å². The molecule has 0 atom stereocenters. The Hall–Kier alpha value is -1.01. The Kier molecular flexibility index (Phi) is 4.01. The largest absolute Gasteiger partial charge is 0.468 e. The Morgan fingerprint density at radius 2 is 1.86 bits per heavy atom. The van der Waals surface area contributed by atoms with Gasteiger partial charge in [0, 0.05) is 16.1 Å². The molecule has 4 nitrogen and oxygen atoms in total. The quantitative estimate of drug-likeness (QED) is 0.824. The average molecular weight is 346 g/mol. The second-order valence-electron chi connectivity index (χ2n) is 4.97. The molecule has 1 heterocycles. The van der Waals surface area contributed by atoms with Crippen molar-refractivity contribution in [3.63, 3.8) is 0 Å². The topological polar surface area (TPSA) is 50.5 Å². The van der Waals surface area contributed by atoms with Crippen molar-refractivity contribution in [2.75, 3.05) is 0 Å². The molecule has 1 saturated carbocycles. The van der Waals surface area contributed by atoms with Gasteiger partial charge in [0.05, 0.1) is 17.7 Å². The zero-order valence-electron chi connectivity index (χ0n) is 11.0. The number of hydrogen-bond acceptors (Lipinski definition) is 3. The van der Waals surface area contributed by atoms with Crippen molar-refractivity contribution in [2.45, 2.75) is 30.3 Å². The van der Waals surface area contributed by atoms with Gasteiger partial charge in [0.1, 0.15) is 5.76 Å². The fourth-order valence-electron chi connectivity index (χ4n) is 2.14. The van der Waals surface area contributed by atoms with Gasteiger partial charge in [-0.25, -0.2) is 8.42 Å². The summed E-state index contributed by atoms with van der Waals surface area (Å²) in [5, 5.41) is 0.602. The Bertz CT molecular complexity index is 719. The molecule has 0 aliphatic heterocycles. The van der Waals surface area contributed by atoms with Crippen LogP contribution in [0.4, 0.5) is 0 Å². The van der Waals surface area contributed by atoms with E-state index in [1.54, 1.807) is 12.1 Å². The van der Waals surface area contributed by atoms with Gasteiger partial charge in [0.2, 0.25) is 10.0 Å². The van der Waals surface area contributed by atoms with E-state index in [1.807, 2.05) is 0 Å². The van der Waals surface area contributed by atoms with Crippen molar-refractivity contribution in [3.05, 3.63) is 52.4 Å². The van der Waals surface area contributed by atoms with Gasteiger partial charge in [0.15, 0.2) is 0 Å². The molecular formula is C14H13Cl2NO3S. The molecule has 1 aromatic heterocycles. The van der Waals surface area contributed by atoms with Gasteiger partial charge in [-0.05, 0) is 43.2 Å². The molecule has 0 N–H and O–H groups in total. The van der Waals surface area contributed by atoms with Crippen LogP contribution in [0, 0.1) is 0 Å². The Balaban J connectivity index is 1.97. The molecule has 1 aromatic carbocycles. The van der Waals surface area contributed by atoms with Crippen molar-refractivity contribution in [2.24, 2.45) is 0 Å². The predicted octanol–water partition coefficient (Wildman–Crippen LogP) is 3.94. The first-order valence-corrected chi connectivity index (χ1v) is 8.67. The monoisotopic (exact) mass is 345 g/mol. The van der Waals surface area contributed by atoms with E-state index in [-0.39, 0.29) is 17.5 Å². The molecule has 0 spiro atoms. The second kappa shape index (κ2) is 5.65. The van der Waals surface area contributed by atoms with Crippen LogP contribution in [-0.4, -0.2) is 18.8 Å². The maximum Gasteiger partial charge on any atom is 0.243 e. The highest BCUT2D eigenvalue weighted by Gasteiger charge is 2.38. The fourth-order valence-corrected chi connectivity index (χ4v) is 4.52. The zero-order chi connectivity index (χ0) is 15.0. The van der Waals surface area contributed by atoms with Crippen LogP contribution in [0.5, 0.6) is 0 Å². The van der Waals surface area contributed by atoms with E-state index in [4.69, 9.17) is 27.6 Å². The molecule has 0 radical (unpaired) electrons. The summed E-state index contributed by atoms with van der Waals surface area (Å²) in [6, 6.07) is 7.85. The number of nitrogens with zero attached hydrogens (tertiary/aromatic N) is 1. The molecule has 0 unspecified atom stereocenters. The molecule has 21 heavy (non-hydrogen) atoms. The van der Waals surface area contributed by atoms with Crippen LogP contribution in [0.15, 0.2) is 45.9 Å². The lowest BCUT2D eigenvalue weighted by molar-refractivity contribution is 0.356. The third kappa shape index (κ3) is 3.26. The maximum atomic E-state index is 12.8. The summed E-state index contributed by atoms with van der Waals surface area (Å²) < 4.78 is 32.3. The predicted molar refractivity (Wildman–Crippen MR) is 80.9 cm³/mol. The number of sulfonamides is 1. The lowest BCUT2D eigenvalue weighted by atomic mass is 10.4. The van der Waals surface area contributed by atoms with E-state index in [0.29, 0.717) is 15.8 Å². The minimum Gasteiger partial charge on any atom is -0.468 e. The SMILES string of the molecule is O=S(=O)(c1cc(Cl)cc(Cl)c1)N(Cc1ccco1)C1CC1. The lowest BCUT2D eigenvalue weighted by Gasteiger charge is -2.21. The van der Waals surface area contributed by atoms with E-state index >= 15 is 0 Å². The number of benzene rings is 1. The number of halogens is 2. The molecule has 0 amide bonds. The number of furan rings is 1. The summed E-state index contributed by atoms with van der Waals surface area (Å²) in [7, 11) is -3.65. The third-order valence-electron chi connectivity index (χ3n) is 3.29. The van der Waals surface area contributed by atoms with Crippen LogP contribution in [0.3, 0.4) is 0 Å². The van der Waals surface area contributed by atoms with Gasteiger partial charge in [-0.3, -0.25) is 0 Å². The third-order valence-corrected chi connectivity index (χ3v) is 5.60. The van der Waals surface area contributed by atoms with E-state index < -0.39 is 10.0 Å². The highest BCUT2D eigenvalue weighted by molar-refractivity contribution is 7.89. The molecule has 1 aliphatic carbocycles. The molecule has 1 fully saturated rings. The van der Waals surface area contributed by atoms with E-state index in [2.05, 4.69) is 0 Å². The molecule has 2 aromatic rings. The first kappa shape index (κ1) is 14.9.